The van der Waals surface area contributed by atoms with Crippen molar-refractivity contribution in [1.29, 1.82) is 0 Å². The van der Waals surface area contributed by atoms with E-state index in [-0.39, 0.29) is 10.5 Å². The number of amidine groups is 1. The van der Waals surface area contributed by atoms with Gasteiger partial charge < -0.3 is 15.0 Å². The zero-order chi connectivity index (χ0) is 22.9. The van der Waals surface area contributed by atoms with Crippen molar-refractivity contribution < 1.29 is 27.1 Å². The van der Waals surface area contributed by atoms with Gasteiger partial charge in [-0.05, 0) is 62.2 Å². The Kier molecular flexibility index (Phi) is 5.96. The molecule has 2 heterocycles. The van der Waals surface area contributed by atoms with Gasteiger partial charge in [-0.25, -0.2) is 9.18 Å². The number of fused-ring (bicyclic) bond motifs is 3. The normalized spacial score (nSPS) is 17.8. The van der Waals surface area contributed by atoms with Crippen LogP contribution in [0.4, 0.5) is 15.8 Å². The Bertz CT molecular complexity index is 1190. The molecule has 10 heteroatoms. The lowest BCUT2D eigenvalue weighted by molar-refractivity contribution is -0.123. The fraction of sp³-hybridized carbons (Fsp3) is 0.318. The number of amides is 1. The molecule has 1 fully saturated rings. The van der Waals surface area contributed by atoms with Gasteiger partial charge in [-0.3, -0.25) is 4.79 Å². The van der Waals surface area contributed by atoms with Crippen LogP contribution in [0.2, 0.25) is 0 Å². The van der Waals surface area contributed by atoms with E-state index in [1.807, 2.05) is 4.90 Å². The molecule has 1 unspecified atom stereocenters. The number of ether oxygens (including phenoxy) is 1. The molecule has 2 aromatic carbocycles. The van der Waals surface area contributed by atoms with Gasteiger partial charge in [0.1, 0.15) is 16.5 Å². The summed E-state index contributed by atoms with van der Waals surface area (Å²) in [4.78, 5) is 26.7. The number of halogens is 1. The molecule has 2 aliphatic heterocycles. The average molecular weight is 459 g/mol. The third-order valence-corrected chi connectivity index (χ3v) is 6.68. The van der Waals surface area contributed by atoms with Crippen molar-refractivity contribution in [3.05, 3.63) is 53.8 Å². The van der Waals surface area contributed by atoms with Crippen LogP contribution in [0.3, 0.4) is 0 Å². The van der Waals surface area contributed by atoms with Gasteiger partial charge in [0, 0.05) is 18.7 Å². The number of rotatable bonds is 4. The summed E-state index contributed by atoms with van der Waals surface area (Å²) >= 11 is 0. The number of anilines is 2. The van der Waals surface area contributed by atoms with Crippen LogP contribution in [-0.4, -0.2) is 38.8 Å². The lowest BCUT2D eigenvalue weighted by atomic mass is 10.1. The van der Waals surface area contributed by atoms with Crippen LogP contribution in [0, 0.1) is 5.82 Å². The number of nitrogens with zero attached hydrogens (tertiary/aromatic N) is 2. The van der Waals surface area contributed by atoms with E-state index < -0.39 is 33.8 Å². The number of nitrogens with one attached hydrogen (secondary N) is 1. The Hall–Kier alpha value is -3.27. The van der Waals surface area contributed by atoms with Crippen LogP contribution in [0.15, 0.2) is 51.8 Å². The highest BCUT2D eigenvalue weighted by Gasteiger charge is 2.32. The summed E-state index contributed by atoms with van der Waals surface area (Å²) < 4.78 is 47.6. The molecule has 0 saturated carbocycles. The summed E-state index contributed by atoms with van der Waals surface area (Å²) in [6.45, 7) is 2.05. The third-order valence-electron chi connectivity index (χ3n) is 5.35. The molecule has 0 aromatic heterocycles. The first-order valence-electron chi connectivity index (χ1n) is 10.3. The van der Waals surface area contributed by atoms with Gasteiger partial charge in [-0.2, -0.15) is 8.42 Å². The molecule has 1 amide bonds. The van der Waals surface area contributed by atoms with E-state index >= 15 is 0 Å². The van der Waals surface area contributed by atoms with Crippen LogP contribution < -0.4 is 10.2 Å². The van der Waals surface area contributed by atoms with Crippen molar-refractivity contribution in [3.63, 3.8) is 0 Å². The molecule has 2 aromatic rings. The van der Waals surface area contributed by atoms with Crippen LogP contribution in [0.25, 0.3) is 0 Å². The molecule has 1 atom stereocenters. The summed E-state index contributed by atoms with van der Waals surface area (Å²) in [5.74, 6) is -1.36. The third kappa shape index (κ3) is 4.50. The van der Waals surface area contributed by atoms with Crippen LogP contribution in [0.1, 0.15) is 43.0 Å². The van der Waals surface area contributed by atoms with E-state index in [0.717, 1.165) is 19.3 Å². The van der Waals surface area contributed by atoms with Crippen LogP contribution >= 0.6 is 0 Å². The van der Waals surface area contributed by atoms with Crippen LogP contribution in [-0.2, 0) is 19.6 Å². The van der Waals surface area contributed by atoms with Gasteiger partial charge >= 0.3 is 5.97 Å². The largest absolute Gasteiger partial charge is 0.449 e. The maximum atomic E-state index is 13.0. The Labute approximate surface area is 185 Å². The smallest absolute Gasteiger partial charge is 0.338 e. The lowest BCUT2D eigenvalue weighted by Gasteiger charge is -2.29. The summed E-state index contributed by atoms with van der Waals surface area (Å²) in [7, 11) is -3.95. The number of carbonyl (C=O) groups excluding carboxylic acids is 2. The van der Waals surface area contributed by atoms with Crippen molar-refractivity contribution in [3.8, 4) is 0 Å². The quantitative estimate of drug-likeness (QED) is 0.702. The highest BCUT2D eigenvalue weighted by molar-refractivity contribution is 7.90. The molecular weight excluding hydrogens is 437 g/mol. The minimum Gasteiger partial charge on any atom is -0.449 e. The van der Waals surface area contributed by atoms with Gasteiger partial charge in [-0.1, -0.05) is 6.42 Å². The Morgan fingerprint density at radius 2 is 1.88 bits per heavy atom. The van der Waals surface area contributed by atoms with Gasteiger partial charge in [0.15, 0.2) is 6.10 Å². The number of hydrogen-bond acceptors (Lipinski definition) is 6. The molecule has 0 spiro atoms. The van der Waals surface area contributed by atoms with Gasteiger partial charge in [0.05, 0.1) is 11.3 Å². The molecule has 4 rings (SSSR count). The fourth-order valence-electron chi connectivity index (χ4n) is 3.67. The summed E-state index contributed by atoms with van der Waals surface area (Å²) in [5, 5.41) is 2.52. The number of hydrogen-bond donors (Lipinski definition) is 1. The van der Waals surface area contributed by atoms with E-state index in [0.29, 0.717) is 30.2 Å². The number of benzene rings is 2. The summed E-state index contributed by atoms with van der Waals surface area (Å²) in [6.07, 6.45) is 2.22. The van der Waals surface area contributed by atoms with Gasteiger partial charge in [0.25, 0.3) is 15.9 Å². The first kappa shape index (κ1) is 21.9. The highest BCUT2D eigenvalue weighted by atomic mass is 32.2. The topological polar surface area (TPSA) is 105 Å². The Balaban J connectivity index is 1.51. The van der Waals surface area contributed by atoms with Crippen molar-refractivity contribution in [1.82, 2.24) is 0 Å². The van der Waals surface area contributed by atoms with Crippen LogP contribution in [0.5, 0.6) is 0 Å². The van der Waals surface area contributed by atoms with Crippen molar-refractivity contribution in [2.45, 2.75) is 43.6 Å². The fourth-order valence-corrected chi connectivity index (χ4v) is 4.95. The molecule has 0 radical (unpaired) electrons. The first-order valence-corrected chi connectivity index (χ1v) is 11.7. The second-order valence-electron chi connectivity index (χ2n) is 7.67. The molecule has 0 aliphatic carbocycles. The lowest BCUT2D eigenvalue weighted by Crippen LogP contribution is -2.35. The van der Waals surface area contributed by atoms with Crippen molar-refractivity contribution >= 4 is 39.1 Å². The van der Waals surface area contributed by atoms with E-state index in [4.69, 9.17) is 4.74 Å². The zero-order valence-corrected chi connectivity index (χ0v) is 18.2. The van der Waals surface area contributed by atoms with E-state index in [9.17, 15) is 22.4 Å². The second-order valence-corrected chi connectivity index (χ2v) is 9.24. The molecule has 32 heavy (non-hydrogen) atoms. The first-order chi connectivity index (χ1) is 15.2. The predicted octanol–water partition coefficient (Wildman–Crippen LogP) is 3.49. The molecule has 0 bridgehead atoms. The monoisotopic (exact) mass is 459 g/mol. The molecule has 1 saturated heterocycles. The molecule has 8 nitrogen and oxygen atoms in total. The molecular formula is C22H22FN3O5S. The Morgan fingerprint density at radius 1 is 1.12 bits per heavy atom. The van der Waals surface area contributed by atoms with E-state index in [2.05, 4.69) is 9.71 Å². The standard InChI is InChI=1S/C22H22FN3O5S/c1-14(21(27)24-17-9-7-16(23)8-10-17)31-22(28)15-6-11-18-19(13-15)32(29,30)25-20-5-3-2-4-12-26(18)20/h6-11,13-14H,2-5,12H2,1H3,(H,24,27). The molecule has 2 aliphatic rings. The van der Waals surface area contributed by atoms with Crippen molar-refractivity contribution in [2.24, 2.45) is 4.40 Å². The van der Waals surface area contributed by atoms with Gasteiger partial charge in [0.2, 0.25) is 0 Å². The minimum atomic E-state index is -3.95. The second kappa shape index (κ2) is 8.70. The van der Waals surface area contributed by atoms with Gasteiger partial charge in [-0.15, -0.1) is 4.40 Å². The summed E-state index contributed by atoms with van der Waals surface area (Å²) in [5.41, 5.74) is 0.850. The van der Waals surface area contributed by atoms with Crippen molar-refractivity contribution in [2.75, 3.05) is 16.8 Å². The SMILES string of the molecule is CC(OC(=O)c1ccc2c(c1)S(=O)(=O)N=C1CCCCCN12)C(=O)Nc1ccc(F)cc1. The summed E-state index contributed by atoms with van der Waals surface area (Å²) in [6, 6.07) is 9.45. The average Bonchev–Trinajstić information content (AvgIpc) is 3.00. The maximum absolute atomic E-state index is 13.0. The maximum Gasteiger partial charge on any atom is 0.338 e. The number of sulfonamides is 1. The molecule has 1 N–H and O–H groups in total. The van der Waals surface area contributed by atoms with E-state index in [1.54, 1.807) is 6.07 Å². The van der Waals surface area contributed by atoms with E-state index in [1.165, 1.54) is 43.3 Å². The molecule has 168 valence electrons. The predicted molar refractivity (Wildman–Crippen MR) is 117 cm³/mol. The Morgan fingerprint density at radius 3 is 2.62 bits per heavy atom. The zero-order valence-electron chi connectivity index (χ0n) is 17.4. The number of esters is 1. The minimum absolute atomic E-state index is 0.00206. The number of carbonyl (C=O) groups is 2. The highest BCUT2D eigenvalue weighted by Crippen LogP contribution is 2.35.